The summed E-state index contributed by atoms with van der Waals surface area (Å²) in [6.07, 6.45) is 11.2. The van der Waals surface area contributed by atoms with Gasteiger partial charge in [0.15, 0.2) is 0 Å². The minimum atomic E-state index is 0.590. The minimum absolute atomic E-state index is 0.590. The molecule has 0 saturated heterocycles. The van der Waals surface area contributed by atoms with Gasteiger partial charge < -0.3 is 0 Å². The van der Waals surface area contributed by atoms with Gasteiger partial charge in [0.1, 0.15) is 0 Å². The normalized spacial score (nSPS) is 12.4. The molecule has 0 heterocycles. The van der Waals surface area contributed by atoms with Crippen LogP contribution in [0.2, 0.25) is 0 Å². The summed E-state index contributed by atoms with van der Waals surface area (Å²) >= 11 is 6.07. The summed E-state index contributed by atoms with van der Waals surface area (Å²) in [6.45, 7) is 16.5. The Morgan fingerprint density at radius 2 is 1.56 bits per heavy atom. The number of allylic oxidation sites excluding steroid dienone is 6. The van der Waals surface area contributed by atoms with Crippen molar-refractivity contribution in [3.63, 3.8) is 0 Å². The third-order valence-corrected chi connectivity index (χ3v) is 4.58. The molecule has 0 fully saturated rings. The number of unbranched alkanes of at least 4 members (excludes halogenated alkanes) is 2. The lowest BCUT2D eigenvalue weighted by Crippen LogP contribution is -1.96. The molecule has 1 aromatic rings. The average Bonchev–Trinajstić information content (AvgIpc) is 2.49. The lowest BCUT2D eigenvalue weighted by atomic mass is 9.94. The van der Waals surface area contributed by atoms with Gasteiger partial charge in [0.2, 0.25) is 0 Å². The number of hydrogen-bond acceptors (Lipinski definition) is 0. The van der Waals surface area contributed by atoms with E-state index in [9.17, 15) is 0 Å². The van der Waals surface area contributed by atoms with E-state index in [0.717, 1.165) is 19.3 Å². The first-order valence-corrected chi connectivity index (χ1v) is 9.59. The van der Waals surface area contributed by atoms with E-state index in [4.69, 9.17) is 11.6 Å². The first-order chi connectivity index (χ1) is 11.8. The predicted octanol–water partition coefficient (Wildman–Crippen LogP) is 8.00. The van der Waals surface area contributed by atoms with Gasteiger partial charge in [-0.25, -0.2) is 0 Å². The van der Waals surface area contributed by atoms with Gasteiger partial charge in [0, 0.05) is 5.03 Å². The Kier molecular flexibility index (Phi) is 9.60. The molecule has 1 rings (SSSR count). The highest BCUT2D eigenvalue weighted by Gasteiger charge is 2.05. The molecule has 0 N–H and O–H groups in total. The molecule has 0 atom stereocenters. The van der Waals surface area contributed by atoms with E-state index in [2.05, 4.69) is 65.1 Å². The average molecular weight is 357 g/mol. The van der Waals surface area contributed by atoms with Crippen molar-refractivity contribution in [2.45, 2.75) is 66.2 Å². The van der Waals surface area contributed by atoms with Crippen LogP contribution >= 0.6 is 11.6 Å². The summed E-state index contributed by atoms with van der Waals surface area (Å²) in [5.41, 5.74) is 7.97. The molecular formula is C24H33Cl. The van der Waals surface area contributed by atoms with E-state index in [-0.39, 0.29) is 0 Å². The third kappa shape index (κ3) is 8.93. The number of halogens is 1. The Morgan fingerprint density at radius 3 is 2.12 bits per heavy atom. The SMILES string of the molecule is C=C(Cl)/C=C(\C=C(/C)CCCCCC(=C)C)Cc1c(C)cccc1C. The van der Waals surface area contributed by atoms with Gasteiger partial charge in [0.25, 0.3) is 0 Å². The van der Waals surface area contributed by atoms with Gasteiger partial charge in [0.05, 0.1) is 0 Å². The molecule has 0 saturated carbocycles. The summed E-state index contributed by atoms with van der Waals surface area (Å²) < 4.78 is 0. The standard InChI is InChI=1S/C24H33Cl/c1-18(2)11-8-7-9-12-19(3)15-23(16-22(6)25)17-24-20(4)13-10-14-21(24)5/h10,13-16H,1,6-9,11-12,17H2,2-5H3/b19-15+,23-16+. The molecule has 1 aromatic carbocycles. The lowest BCUT2D eigenvalue weighted by Gasteiger charge is -2.12. The van der Waals surface area contributed by atoms with Gasteiger partial charge >= 0.3 is 0 Å². The fourth-order valence-corrected chi connectivity index (χ4v) is 3.21. The van der Waals surface area contributed by atoms with Crippen molar-refractivity contribution >= 4 is 11.6 Å². The predicted molar refractivity (Wildman–Crippen MR) is 114 cm³/mol. The zero-order valence-electron chi connectivity index (χ0n) is 16.4. The summed E-state index contributed by atoms with van der Waals surface area (Å²) in [5.74, 6) is 0. The molecule has 0 aromatic heterocycles. The molecule has 0 spiro atoms. The second kappa shape index (κ2) is 11.2. The molecule has 0 bridgehead atoms. The molecule has 0 amide bonds. The van der Waals surface area contributed by atoms with Crippen LogP contribution in [0.25, 0.3) is 0 Å². The zero-order chi connectivity index (χ0) is 18.8. The van der Waals surface area contributed by atoms with Crippen molar-refractivity contribution in [1.29, 1.82) is 0 Å². The van der Waals surface area contributed by atoms with E-state index in [1.807, 2.05) is 6.08 Å². The van der Waals surface area contributed by atoms with E-state index < -0.39 is 0 Å². The van der Waals surface area contributed by atoms with Crippen molar-refractivity contribution in [2.75, 3.05) is 0 Å². The molecule has 0 nitrogen and oxygen atoms in total. The van der Waals surface area contributed by atoms with E-state index in [1.165, 1.54) is 52.7 Å². The highest BCUT2D eigenvalue weighted by atomic mass is 35.5. The second-order valence-corrected chi connectivity index (χ2v) is 7.71. The largest absolute Gasteiger partial charge is 0.100 e. The highest BCUT2D eigenvalue weighted by molar-refractivity contribution is 6.30. The van der Waals surface area contributed by atoms with Crippen LogP contribution < -0.4 is 0 Å². The van der Waals surface area contributed by atoms with Crippen molar-refractivity contribution in [1.82, 2.24) is 0 Å². The quantitative estimate of drug-likeness (QED) is 0.226. The van der Waals surface area contributed by atoms with E-state index in [1.54, 1.807) is 0 Å². The fourth-order valence-electron chi connectivity index (χ4n) is 3.07. The van der Waals surface area contributed by atoms with Crippen molar-refractivity contribution in [3.05, 3.63) is 82.0 Å². The first-order valence-electron chi connectivity index (χ1n) is 9.21. The van der Waals surface area contributed by atoms with Crippen LogP contribution in [0.3, 0.4) is 0 Å². The van der Waals surface area contributed by atoms with Crippen LogP contribution in [-0.4, -0.2) is 0 Å². The van der Waals surface area contributed by atoms with Crippen LogP contribution in [0.5, 0.6) is 0 Å². The zero-order valence-corrected chi connectivity index (χ0v) is 17.2. The smallest absolute Gasteiger partial charge is 0.0337 e. The van der Waals surface area contributed by atoms with Crippen molar-refractivity contribution < 1.29 is 0 Å². The maximum Gasteiger partial charge on any atom is 0.0337 e. The molecular weight excluding hydrogens is 324 g/mol. The maximum absolute atomic E-state index is 6.07. The van der Waals surface area contributed by atoms with E-state index in [0.29, 0.717) is 5.03 Å². The Bertz CT molecular complexity index is 638. The number of benzene rings is 1. The Labute approximate surface area is 160 Å². The molecule has 0 aliphatic carbocycles. The number of rotatable bonds is 10. The number of aryl methyl sites for hydroxylation is 2. The van der Waals surface area contributed by atoms with Gasteiger partial charge in [-0.15, -0.1) is 6.58 Å². The monoisotopic (exact) mass is 356 g/mol. The first kappa shape index (κ1) is 21.5. The van der Waals surface area contributed by atoms with Gasteiger partial charge in [-0.3, -0.25) is 0 Å². The lowest BCUT2D eigenvalue weighted by molar-refractivity contribution is 0.673. The molecule has 0 aliphatic heterocycles. The summed E-state index contributed by atoms with van der Waals surface area (Å²) in [4.78, 5) is 0. The Hall–Kier alpha value is -1.53. The third-order valence-electron chi connectivity index (χ3n) is 4.47. The van der Waals surface area contributed by atoms with Gasteiger partial charge in [-0.05, 0) is 88.1 Å². The maximum atomic E-state index is 6.07. The molecule has 0 radical (unpaired) electrons. The summed E-state index contributed by atoms with van der Waals surface area (Å²) in [5, 5.41) is 0.590. The Balaban J connectivity index is 2.76. The summed E-state index contributed by atoms with van der Waals surface area (Å²) in [6, 6.07) is 6.46. The van der Waals surface area contributed by atoms with Gasteiger partial charge in [-0.2, -0.15) is 0 Å². The van der Waals surface area contributed by atoms with Crippen molar-refractivity contribution in [2.24, 2.45) is 0 Å². The molecule has 25 heavy (non-hydrogen) atoms. The molecule has 0 unspecified atom stereocenters. The van der Waals surface area contributed by atoms with Crippen LogP contribution in [0, 0.1) is 13.8 Å². The molecule has 1 heteroatoms. The highest BCUT2D eigenvalue weighted by Crippen LogP contribution is 2.22. The Morgan fingerprint density at radius 1 is 0.960 bits per heavy atom. The van der Waals surface area contributed by atoms with Crippen LogP contribution in [-0.2, 0) is 6.42 Å². The fraction of sp³-hybridized carbons (Fsp3) is 0.417. The second-order valence-electron chi connectivity index (χ2n) is 7.22. The summed E-state index contributed by atoms with van der Waals surface area (Å²) in [7, 11) is 0. The molecule has 136 valence electrons. The van der Waals surface area contributed by atoms with E-state index >= 15 is 0 Å². The van der Waals surface area contributed by atoms with Crippen molar-refractivity contribution in [3.8, 4) is 0 Å². The van der Waals surface area contributed by atoms with Gasteiger partial charge in [-0.1, -0.05) is 60.0 Å². The topological polar surface area (TPSA) is 0 Å². The number of hydrogen-bond donors (Lipinski definition) is 0. The van der Waals surface area contributed by atoms with Crippen LogP contribution in [0.4, 0.5) is 0 Å². The minimum Gasteiger partial charge on any atom is -0.100 e. The van der Waals surface area contributed by atoms with Crippen LogP contribution in [0.1, 0.15) is 62.6 Å². The van der Waals surface area contributed by atoms with Crippen LogP contribution in [0.15, 0.2) is 65.3 Å². The molecule has 0 aliphatic rings.